The molecule has 30 heavy (non-hydrogen) atoms. The number of aryl methyl sites for hydroxylation is 2. The van der Waals surface area contributed by atoms with Gasteiger partial charge in [-0.25, -0.2) is 0 Å². The average molecular weight is 419 g/mol. The Labute approximate surface area is 181 Å². The average Bonchev–Trinajstić information content (AvgIpc) is 3.22. The van der Waals surface area contributed by atoms with Gasteiger partial charge in [-0.05, 0) is 55.0 Å². The molecule has 5 heteroatoms. The van der Waals surface area contributed by atoms with Crippen molar-refractivity contribution in [2.45, 2.75) is 39.2 Å². The van der Waals surface area contributed by atoms with Gasteiger partial charge < -0.3 is 10.2 Å². The number of fused-ring (bicyclic) bond motifs is 1. The normalized spacial score (nSPS) is 15.5. The summed E-state index contributed by atoms with van der Waals surface area (Å²) in [6.45, 7) is 4.76. The molecule has 1 aliphatic heterocycles. The number of hydrogen-bond donors (Lipinski definition) is 1. The van der Waals surface area contributed by atoms with Crippen LogP contribution >= 0.6 is 11.3 Å². The van der Waals surface area contributed by atoms with Crippen LogP contribution < -0.4 is 5.32 Å². The number of amides is 2. The van der Waals surface area contributed by atoms with Crippen molar-refractivity contribution in [1.29, 1.82) is 0 Å². The van der Waals surface area contributed by atoms with Crippen molar-refractivity contribution < 1.29 is 9.59 Å². The van der Waals surface area contributed by atoms with Gasteiger partial charge in [0.05, 0.1) is 6.04 Å². The van der Waals surface area contributed by atoms with E-state index in [1.54, 1.807) is 11.3 Å². The topological polar surface area (TPSA) is 49.4 Å². The quantitative estimate of drug-likeness (QED) is 0.615. The van der Waals surface area contributed by atoms with Crippen molar-refractivity contribution in [3.63, 3.8) is 0 Å². The number of carbonyl (C=O) groups is 2. The fourth-order valence-electron chi connectivity index (χ4n) is 4.01. The van der Waals surface area contributed by atoms with Gasteiger partial charge in [-0.2, -0.15) is 0 Å². The summed E-state index contributed by atoms with van der Waals surface area (Å²) in [4.78, 5) is 28.8. The second-order valence-electron chi connectivity index (χ2n) is 7.87. The molecule has 1 aromatic heterocycles. The molecule has 0 spiro atoms. The second-order valence-corrected chi connectivity index (χ2v) is 8.87. The van der Waals surface area contributed by atoms with E-state index in [4.69, 9.17) is 0 Å². The van der Waals surface area contributed by atoms with Crippen molar-refractivity contribution in [2.24, 2.45) is 0 Å². The maximum Gasteiger partial charge on any atom is 0.224 e. The van der Waals surface area contributed by atoms with Gasteiger partial charge >= 0.3 is 0 Å². The smallest absolute Gasteiger partial charge is 0.224 e. The molecule has 0 bridgehead atoms. The zero-order valence-electron chi connectivity index (χ0n) is 17.4. The summed E-state index contributed by atoms with van der Waals surface area (Å²) in [5.74, 6) is -0.107. The van der Waals surface area contributed by atoms with Crippen LogP contribution in [-0.2, 0) is 16.0 Å². The summed E-state index contributed by atoms with van der Waals surface area (Å²) in [5.41, 5.74) is 5.43. The molecule has 2 aromatic carbocycles. The lowest BCUT2D eigenvalue weighted by Crippen LogP contribution is -2.40. The molecule has 0 saturated carbocycles. The van der Waals surface area contributed by atoms with Crippen molar-refractivity contribution in [1.82, 2.24) is 4.90 Å². The molecule has 3 aromatic rings. The van der Waals surface area contributed by atoms with Crippen LogP contribution in [0.4, 0.5) is 5.69 Å². The van der Waals surface area contributed by atoms with Crippen LogP contribution in [0.25, 0.3) is 0 Å². The van der Waals surface area contributed by atoms with Crippen molar-refractivity contribution in [2.75, 3.05) is 11.9 Å². The molecule has 4 rings (SSSR count). The third-order valence-corrected chi connectivity index (χ3v) is 6.54. The molecule has 0 fully saturated rings. The number of anilines is 1. The number of carbonyl (C=O) groups excluding carboxylic acids is 2. The number of rotatable bonds is 5. The summed E-state index contributed by atoms with van der Waals surface area (Å²) in [6.07, 6.45) is 1.26. The van der Waals surface area contributed by atoms with Crippen LogP contribution in [0.1, 0.15) is 46.0 Å². The third-order valence-electron chi connectivity index (χ3n) is 5.55. The Bertz CT molecular complexity index is 1060. The van der Waals surface area contributed by atoms with E-state index in [1.165, 1.54) is 16.0 Å². The first-order valence-electron chi connectivity index (χ1n) is 10.3. The van der Waals surface area contributed by atoms with Crippen LogP contribution in [0.15, 0.2) is 60.0 Å². The van der Waals surface area contributed by atoms with Gasteiger partial charge in [0.2, 0.25) is 11.8 Å². The minimum absolute atomic E-state index is 0.0254. The minimum Gasteiger partial charge on any atom is -0.331 e. The number of thiophene rings is 1. The molecule has 0 aliphatic carbocycles. The zero-order chi connectivity index (χ0) is 21.1. The summed E-state index contributed by atoms with van der Waals surface area (Å²) in [6, 6.07) is 18.1. The maximum atomic E-state index is 13.1. The molecule has 0 radical (unpaired) electrons. The zero-order valence-corrected chi connectivity index (χ0v) is 18.2. The van der Waals surface area contributed by atoms with E-state index >= 15 is 0 Å². The van der Waals surface area contributed by atoms with Crippen molar-refractivity contribution >= 4 is 28.8 Å². The molecule has 4 nitrogen and oxygen atoms in total. The van der Waals surface area contributed by atoms with Gasteiger partial charge in [0.25, 0.3) is 0 Å². The Kier molecular flexibility index (Phi) is 6.00. The Morgan fingerprint density at radius 1 is 1.03 bits per heavy atom. The summed E-state index contributed by atoms with van der Waals surface area (Å²) < 4.78 is 0. The minimum atomic E-state index is -0.132. The standard InChI is InChI=1S/C25H26N2O2S/c1-17-6-8-20(9-7-17)26-23(28)10-11-24(29)27-14-12-22-21(13-15-30-22)25(27)19-5-3-4-18(2)16-19/h3-9,13,15-16,25H,10-12,14H2,1-2H3,(H,26,28). The Morgan fingerprint density at radius 2 is 1.83 bits per heavy atom. The Hall–Kier alpha value is -2.92. The van der Waals surface area contributed by atoms with E-state index in [1.807, 2.05) is 42.2 Å². The summed E-state index contributed by atoms with van der Waals surface area (Å²) in [7, 11) is 0. The molecule has 1 unspecified atom stereocenters. The molecular weight excluding hydrogens is 392 g/mol. The lowest BCUT2D eigenvalue weighted by molar-refractivity contribution is -0.134. The number of nitrogens with zero attached hydrogens (tertiary/aromatic N) is 1. The maximum absolute atomic E-state index is 13.1. The van der Waals surface area contributed by atoms with Crippen LogP contribution in [-0.4, -0.2) is 23.3 Å². The molecule has 1 aliphatic rings. The summed E-state index contributed by atoms with van der Waals surface area (Å²) in [5, 5.41) is 4.99. The highest BCUT2D eigenvalue weighted by Crippen LogP contribution is 2.38. The molecule has 2 heterocycles. The highest BCUT2D eigenvalue weighted by atomic mass is 32.1. The lowest BCUT2D eigenvalue weighted by Gasteiger charge is -2.36. The van der Waals surface area contributed by atoms with Crippen LogP contribution in [0.3, 0.4) is 0 Å². The van der Waals surface area contributed by atoms with E-state index in [0.717, 1.165) is 23.2 Å². The van der Waals surface area contributed by atoms with E-state index in [-0.39, 0.29) is 30.7 Å². The monoisotopic (exact) mass is 418 g/mol. The van der Waals surface area contributed by atoms with Crippen molar-refractivity contribution in [3.05, 3.63) is 87.1 Å². The van der Waals surface area contributed by atoms with Gasteiger partial charge in [0.1, 0.15) is 0 Å². The van der Waals surface area contributed by atoms with Crippen LogP contribution in [0, 0.1) is 13.8 Å². The molecule has 154 valence electrons. The first kappa shape index (κ1) is 20.4. The highest BCUT2D eigenvalue weighted by molar-refractivity contribution is 7.10. The second kappa shape index (κ2) is 8.84. The van der Waals surface area contributed by atoms with E-state index in [9.17, 15) is 9.59 Å². The number of benzene rings is 2. The lowest BCUT2D eigenvalue weighted by atomic mass is 9.92. The first-order chi connectivity index (χ1) is 14.5. The summed E-state index contributed by atoms with van der Waals surface area (Å²) >= 11 is 1.76. The largest absolute Gasteiger partial charge is 0.331 e. The van der Waals surface area contributed by atoms with Gasteiger partial charge in [-0.15, -0.1) is 11.3 Å². The van der Waals surface area contributed by atoms with E-state index < -0.39 is 0 Å². The van der Waals surface area contributed by atoms with Gasteiger partial charge in [-0.1, -0.05) is 47.5 Å². The van der Waals surface area contributed by atoms with Gasteiger partial charge in [0.15, 0.2) is 0 Å². The molecule has 1 atom stereocenters. The number of hydrogen-bond acceptors (Lipinski definition) is 3. The predicted molar refractivity (Wildman–Crippen MR) is 122 cm³/mol. The molecule has 1 N–H and O–H groups in total. The first-order valence-corrected chi connectivity index (χ1v) is 11.2. The van der Waals surface area contributed by atoms with Crippen LogP contribution in [0.5, 0.6) is 0 Å². The van der Waals surface area contributed by atoms with Crippen molar-refractivity contribution in [3.8, 4) is 0 Å². The predicted octanol–water partition coefficient (Wildman–Crippen LogP) is 5.26. The Morgan fingerprint density at radius 3 is 2.60 bits per heavy atom. The third kappa shape index (κ3) is 4.46. The fourth-order valence-corrected chi connectivity index (χ4v) is 4.91. The SMILES string of the molecule is Cc1ccc(NC(=O)CCC(=O)N2CCc3sccc3C2c2cccc(C)c2)cc1. The molecule has 0 saturated heterocycles. The molecule has 2 amide bonds. The fraction of sp³-hybridized carbons (Fsp3) is 0.280. The molecular formula is C25H26N2O2S. The van der Waals surface area contributed by atoms with E-state index in [2.05, 4.69) is 41.9 Å². The van der Waals surface area contributed by atoms with Gasteiger partial charge in [0, 0.05) is 30.0 Å². The number of nitrogens with one attached hydrogen (secondary N) is 1. The van der Waals surface area contributed by atoms with E-state index in [0.29, 0.717) is 6.54 Å². The van der Waals surface area contributed by atoms with Crippen LogP contribution in [0.2, 0.25) is 0 Å². The highest BCUT2D eigenvalue weighted by Gasteiger charge is 2.32. The Balaban J connectivity index is 1.47. The van der Waals surface area contributed by atoms with Gasteiger partial charge in [-0.3, -0.25) is 9.59 Å².